The van der Waals surface area contributed by atoms with Gasteiger partial charge >= 0.3 is 5.97 Å². The van der Waals surface area contributed by atoms with Crippen molar-refractivity contribution in [3.05, 3.63) is 33.4 Å². The number of nitrogens with zero attached hydrogens (tertiary/aromatic N) is 1. The number of carboxylic acid groups (broad SMARTS) is 1. The summed E-state index contributed by atoms with van der Waals surface area (Å²) in [4.78, 5) is 32.7. The fraction of sp³-hybridized carbons (Fsp3) is 0.385. The van der Waals surface area contributed by atoms with E-state index in [0.717, 1.165) is 11.1 Å². The van der Waals surface area contributed by atoms with E-state index in [9.17, 15) is 19.7 Å². The molecule has 0 aromatic heterocycles. The summed E-state index contributed by atoms with van der Waals surface area (Å²) in [5.41, 5.74) is 6.91. The summed E-state index contributed by atoms with van der Waals surface area (Å²) in [7, 11) is 0. The van der Waals surface area contributed by atoms with Crippen LogP contribution in [0.15, 0.2) is 12.1 Å². The molecule has 1 amide bonds. The van der Waals surface area contributed by atoms with E-state index in [1.54, 1.807) is 13.8 Å². The lowest BCUT2D eigenvalue weighted by molar-refractivity contribution is -0.384. The van der Waals surface area contributed by atoms with Crippen LogP contribution in [0, 0.1) is 24.0 Å². The molecule has 1 unspecified atom stereocenters. The minimum atomic E-state index is -1.06. The van der Waals surface area contributed by atoms with Crippen LogP contribution in [0.4, 0.5) is 11.4 Å². The number of carboxylic acids is 1. The summed E-state index contributed by atoms with van der Waals surface area (Å²) in [6, 6.07) is 1.82. The van der Waals surface area contributed by atoms with Crippen LogP contribution in [0.5, 0.6) is 0 Å². The fourth-order valence-electron chi connectivity index (χ4n) is 1.69. The van der Waals surface area contributed by atoms with Crippen LogP contribution in [-0.4, -0.2) is 27.9 Å². The summed E-state index contributed by atoms with van der Waals surface area (Å²) in [5, 5.41) is 21.9. The second-order valence-corrected chi connectivity index (χ2v) is 4.74. The van der Waals surface area contributed by atoms with Gasteiger partial charge in [0.1, 0.15) is 5.69 Å². The number of rotatable bonds is 6. The normalized spacial score (nSPS) is 11.8. The first-order valence-electron chi connectivity index (χ1n) is 6.26. The minimum Gasteiger partial charge on any atom is -0.481 e. The van der Waals surface area contributed by atoms with Gasteiger partial charge in [-0.3, -0.25) is 19.7 Å². The molecule has 4 N–H and O–H groups in total. The average molecular weight is 295 g/mol. The van der Waals surface area contributed by atoms with E-state index in [1.165, 1.54) is 12.1 Å². The van der Waals surface area contributed by atoms with Gasteiger partial charge in [-0.2, -0.15) is 0 Å². The molecule has 1 aromatic rings. The van der Waals surface area contributed by atoms with Crippen LogP contribution in [0.3, 0.4) is 0 Å². The minimum absolute atomic E-state index is 0.0419. The number of amides is 1. The number of aryl methyl sites for hydroxylation is 2. The zero-order valence-corrected chi connectivity index (χ0v) is 11.8. The third kappa shape index (κ3) is 4.53. The molecular weight excluding hydrogens is 278 g/mol. The monoisotopic (exact) mass is 295 g/mol. The van der Waals surface area contributed by atoms with Crippen molar-refractivity contribution < 1.29 is 19.6 Å². The summed E-state index contributed by atoms with van der Waals surface area (Å²) < 4.78 is 0. The van der Waals surface area contributed by atoms with Gasteiger partial charge in [0, 0.05) is 12.5 Å². The number of hydrogen-bond donors (Lipinski definition) is 3. The fourth-order valence-corrected chi connectivity index (χ4v) is 1.69. The standard InChI is InChI=1S/C13H17N3O5/c1-7-5-10(11(16(20)21)6-8(7)2)15-13(19)9(14)3-4-12(17)18/h5-6,9H,3-4,14H2,1-2H3,(H,15,19)(H,17,18). The number of aliphatic carboxylic acids is 1. The van der Waals surface area contributed by atoms with Gasteiger partial charge in [0.05, 0.1) is 11.0 Å². The molecule has 0 bridgehead atoms. The Morgan fingerprint density at radius 2 is 1.95 bits per heavy atom. The molecule has 0 aliphatic carbocycles. The number of benzene rings is 1. The first-order valence-corrected chi connectivity index (χ1v) is 6.26. The molecule has 0 heterocycles. The maximum absolute atomic E-state index is 11.8. The summed E-state index contributed by atoms with van der Waals surface area (Å²) >= 11 is 0. The van der Waals surface area contributed by atoms with Crippen molar-refractivity contribution in [3.8, 4) is 0 Å². The molecule has 1 atom stereocenters. The number of nitrogens with two attached hydrogens (primary N) is 1. The van der Waals surface area contributed by atoms with E-state index >= 15 is 0 Å². The molecule has 0 saturated heterocycles. The number of carbonyl (C=O) groups is 2. The second-order valence-electron chi connectivity index (χ2n) is 4.74. The lowest BCUT2D eigenvalue weighted by Crippen LogP contribution is -2.36. The summed E-state index contributed by atoms with van der Waals surface area (Å²) in [5.74, 6) is -1.71. The highest BCUT2D eigenvalue weighted by atomic mass is 16.6. The van der Waals surface area contributed by atoms with E-state index in [0.29, 0.717) is 0 Å². The molecule has 0 spiro atoms. The summed E-state index contributed by atoms with van der Waals surface area (Å²) in [6.07, 6.45) is -0.288. The number of nitrogens with one attached hydrogen (secondary N) is 1. The van der Waals surface area contributed by atoms with Gasteiger partial charge in [-0.05, 0) is 37.5 Å². The Morgan fingerprint density at radius 3 is 2.48 bits per heavy atom. The molecule has 0 radical (unpaired) electrons. The van der Waals surface area contributed by atoms with Gasteiger partial charge in [0.15, 0.2) is 0 Å². The molecule has 0 saturated carbocycles. The molecule has 8 heteroatoms. The Bertz CT molecular complexity index is 585. The zero-order valence-electron chi connectivity index (χ0n) is 11.8. The second kappa shape index (κ2) is 6.80. The quantitative estimate of drug-likeness (QED) is 0.535. The van der Waals surface area contributed by atoms with Crippen LogP contribution in [-0.2, 0) is 9.59 Å². The molecule has 0 aliphatic heterocycles. The van der Waals surface area contributed by atoms with Crippen molar-refractivity contribution >= 4 is 23.3 Å². The lowest BCUT2D eigenvalue weighted by Gasteiger charge is -2.12. The molecule has 0 fully saturated rings. The van der Waals surface area contributed by atoms with Crippen LogP contribution in [0.1, 0.15) is 24.0 Å². The van der Waals surface area contributed by atoms with E-state index in [4.69, 9.17) is 10.8 Å². The number of carbonyl (C=O) groups excluding carboxylic acids is 1. The predicted molar refractivity (Wildman–Crippen MR) is 76.0 cm³/mol. The SMILES string of the molecule is Cc1cc(NC(=O)C(N)CCC(=O)O)c([N+](=O)[O-])cc1C. The van der Waals surface area contributed by atoms with Crippen LogP contribution < -0.4 is 11.1 Å². The largest absolute Gasteiger partial charge is 0.481 e. The van der Waals surface area contributed by atoms with Crippen molar-refractivity contribution in [2.24, 2.45) is 5.73 Å². The molecule has 21 heavy (non-hydrogen) atoms. The van der Waals surface area contributed by atoms with Gasteiger partial charge in [0.2, 0.25) is 5.91 Å². The molecular formula is C13H17N3O5. The van der Waals surface area contributed by atoms with Gasteiger partial charge in [0.25, 0.3) is 5.69 Å². The van der Waals surface area contributed by atoms with Crippen molar-refractivity contribution in [2.45, 2.75) is 32.7 Å². The van der Waals surface area contributed by atoms with E-state index in [2.05, 4.69) is 5.32 Å². The van der Waals surface area contributed by atoms with Gasteiger partial charge in [-0.15, -0.1) is 0 Å². The predicted octanol–water partition coefficient (Wildman–Crippen LogP) is 1.34. The highest BCUT2D eigenvalue weighted by Gasteiger charge is 2.21. The first-order chi connectivity index (χ1) is 9.72. The Balaban J connectivity index is 2.91. The average Bonchev–Trinajstić information content (AvgIpc) is 2.39. The smallest absolute Gasteiger partial charge is 0.303 e. The number of nitro groups is 1. The highest BCUT2D eigenvalue weighted by molar-refractivity contribution is 5.97. The number of hydrogen-bond acceptors (Lipinski definition) is 5. The van der Waals surface area contributed by atoms with Crippen molar-refractivity contribution in [2.75, 3.05) is 5.32 Å². The van der Waals surface area contributed by atoms with E-state index in [-0.39, 0.29) is 24.2 Å². The third-order valence-electron chi connectivity index (χ3n) is 3.07. The molecule has 8 nitrogen and oxygen atoms in total. The first kappa shape index (κ1) is 16.6. The number of nitro benzene ring substituents is 1. The van der Waals surface area contributed by atoms with Crippen molar-refractivity contribution in [1.82, 2.24) is 0 Å². The Morgan fingerprint density at radius 1 is 1.38 bits per heavy atom. The van der Waals surface area contributed by atoms with Gasteiger partial charge < -0.3 is 16.2 Å². The lowest BCUT2D eigenvalue weighted by atomic mass is 10.1. The molecule has 1 rings (SSSR count). The van der Waals surface area contributed by atoms with Gasteiger partial charge in [-0.25, -0.2) is 0 Å². The van der Waals surface area contributed by atoms with E-state index in [1.807, 2.05) is 0 Å². The van der Waals surface area contributed by atoms with Crippen molar-refractivity contribution in [1.29, 1.82) is 0 Å². The summed E-state index contributed by atoms with van der Waals surface area (Å²) in [6.45, 7) is 3.49. The maximum atomic E-state index is 11.8. The Hall–Kier alpha value is -2.48. The van der Waals surface area contributed by atoms with Gasteiger partial charge in [-0.1, -0.05) is 0 Å². The Labute approximate surface area is 121 Å². The third-order valence-corrected chi connectivity index (χ3v) is 3.07. The van der Waals surface area contributed by atoms with Crippen LogP contribution in [0.2, 0.25) is 0 Å². The zero-order chi connectivity index (χ0) is 16.2. The molecule has 114 valence electrons. The van der Waals surface area contributed by atoms with Crippen molar-refractivity contribution in [3.63, 3.8) is 0 Å². The topological polar surface area (TPSA) is 136 Å². The molecule has 0 aliphatic rings. The van der Waals surface area contributed by atoms with Crippen LogP contribution in [0.25, 0.3) is 0 Å². The van der Waals surface area contributed by atoms with Crippen LogP contribution >= 0.6 is 0 Å². The highest BCUT2D eigenvalue weighted by Crippen LogP contribution is 2.28. The van der Waals surface area contributed by atoms with E-state index < -0.39 is 22.8 Å². The number of anilines is 1. The maximum Gasteiger partial charge on any atom is 0.303 e. The Kier molecular flexibility index (Phi) is 5.37. The molecule has 1 aromatic carbocycles.